The topological polar surface area (TPSA) is 53.9 Å². The van der Waals surface area contributed by atoms with Crippen molar-refractivity contribution in [1.82, 2.24) is 0 Å². The molecule has 2 aliphatic heterocycles. The number of nitrogens with zero attached hydrogens (tertiary/aromatic N) is 1. The summed E-state index contributed by atoms with van der Waals surface area (Å²) in [6.45, 7) is 3.72. The average molecular weight is 364 g/mol. The lowest BCUT2D eigenvalue weighted by Crippen LogP contribution is -3.11. The Morgan fingerprint density at radius 2 is 1.81 bits per heavy atom. The molecule has 4 rings (SSSR count). The molecule has 2 aromatic rings. The van der Waals surface area contributed by atoms with Crippen LogP contribution in [0.25, 0.3) is 0 Å². The summed E-state index contributed by atoms with van der Waals surface area (Å²) in [4.78, 5) is 27.4. The van der Waals surface area contributed by atoms with Crippen LogP contribution in [-0.2, 0) is 22.6 Å². The molecule has 1 atom stereocenters. The molecule has 2 aromatic carbocycles. The highest BCUT2D eigenvalue weighted by Crippen LogP contribution is 2.23. The van der Waals surface area contributed by atoms with E-state index in [9.17, 15) is 9.59 Å². The van der Waals surface area contributed by atoms with Gasteiger partial charge in [0.05, 0.1) is 19.5 Å². The lowest BCUT2D eigenvalue weighted by Gasteiger charge is -2.25. The van der Waals surface area contributed by atoms with E-state index in [4.69, 9.17) is 0 Å². The zero-order valence-electron chi connectivity index (χ0n) is 15.5. The Bertz CT molecular complexity index is 832. The van der Waals surface area contributed by atoms with Gasteiger partial charge in [0.1, 0.15) is 6.54 Å². The first-order valence-corrected chi connectivity index (χ1v) is 9.80. The van der Waals surface area contributed by atoms with Crippen molar-refractivity contribution in [1.29, 1.82) is 0 Å². The normalized spacial score (nSPS) is 19.0. The number of amides is 2. The van der Waals surface area contributed by atoms with Crippen LogP contribution >= 0.6 is 0 Å². The van der Waals surface area contributed by atoms with Crippen molar-refractivity contribution in [3.63, 3.8) is 0 Å². The summed E-state index contributed by atoms with van der Waals surface area (Å²) in [6, 6.07) is 16.2. The molecule has 5 heteroatoms. The fourth-order valence-corrected chi connectivity index (χ4v) is 4.02. The molecule has 2 N–H and O–H groups in total. The molecule has 1 unspecified atom stereocenters. The van der Waals surface area contributed by atoms with Gasteiger partial charge < -0.3 is 15.1 Å². The molecule has 0 radical (unpaired) electrons. The van der Waals surface area contributed by atoms with Crippen molar-refractivity contribution in [3.8, 4) is 0 Å². The van der Waals surface area contributed by atoms with E-state index < -0.39 is 0 Å². The number of anilines is 2. The van der Waals surface area contributed by atoms with Crippen LogP contribution in [-0.4, -0.2) is 31.4 Å². The van der Waals surface area contributed by atoms with Crippen molar-refractivity contribution >= 4 is 23.2 Å². The van der Waals surface area contributed by atoms with Gasteiger partial charge >= 0.3 is 0 Å². The standard InChI is InChI=1S/C22H25N3O2/c26-21(12-15-24-14-11-17-4-1-2-5-18(17)16-24)23-19-7-9-20(10-8-19)25-13-3-6-22(25)27/h1-2,4-5,7-10H,3,6,11-16H2,(H,23,26)/p+1. The fourth-order valence-electron chi connectivity index (χ4n) is 4.02. The van der Waals surface area contributed by atoms with E-state index in [2.05, 4.69) is 29.6 Å². The van der Waals surface area contributed by atoms with Gasteiger partial charge in [-0.25, -0.2) is 0 Å². The van der Waals surface area contributed by atoms with Gasteiger partial charge in [0.25, 0.3) is 0 Å². The highest BCUT2D eigenvalue weighted by atomic mass is 16.2. The number of hydrogen-bond donors (Lipinski definition) is 2. The van der Waals surface area contributed by atoms with E-state index >= 15 is 0 Å². The summed E-state index contributed by atoms with van der Waals surface area (Å²) >= 11 is 0. The number of carbonyl (C=O) groups excluding carboxylic acids is 2. The molecule has 27 heavy (non-hydrogen) atoms. The van der Waals surface area contributed by atoms with Gasteiger partial charge in [-0.15, -0.1) is 0 Å². The van der Waals surface area contributed by atoms with Crippen molar-refractivity contribution in [2.24, 2.45) is 0 Å². The molecule has 0 saturated carbocycles. The molecule has 1 saturated heterocycles. The number of fused-ring (bicyclic) bond motifs is 1. The summed E-state index contributed by atoms with van der Waals surface area (Å²) in [6.07, 6.45) is 3.15. The number of hydrogen-bond acceptors (Lipinski definition) is 2. The van der Waals surface area contributed by atoms with Crippen LogP contribution in [0.3, 0.4) is 0 Å². The SMILES string of the molecule is O=C(CC[NH+]1CCc2ccccc2C1)Nc1ccc(N2CCCC2=O)cc1. The molecule has 0 aliphatic carbocycles. The van der Waals surface area contributed by atoms with Crippen molar-refractivity contribution < 1.29 is 14.5 Å². The maximum atomic E-state index is 12.3. The molecule has 0 aromatic heterocycles. The Hall–Kier alpha value is -2.66. The highest BCUT2D eigenvalue weighted by Gasteiger charge is 2.22. The summed E-state index contributed by atoms with van der Waals surface area (Å²) in [5.41, 5.74) is 4.55. The molecule has 0 spiro atoms. The molecular weight excluding hydrogens is 338 g/mol. The molecular formula is C22H26N3O2+. The van der Waals surface area contributed by atoms with Crippen LogP contribution < -0.4 is 15.1 Å². The van der Waals surface area contributed by atoms with Crippen molar-refractivity contribution in [2.75, 3.05) is 29.9 Å². The smallest absolute Gasteiger partial charge is 0.230 e. The molecule has 1 fully saturated rings. The quantitative estimate of drug-likeness (QED) is 0.850. The first-order chi connectivity index (χ1) is 13.2. The summed E-state index contributed by atoms with van der Waals surface area (Å²) in [7, 11) is 0. The van der Waals surface area contributed by atoms with Crippen LogP contribution in [0.1, 0.15) is 30.4 Å². The zero-order chi connectivity index (χ0) is 18.6. The second kappa shape index (κ2) is 7.92. The van der Waals surface area contributed by atoms with Gasteiger partial charge in [0.15, 0.2) is 0 Å². The third-order valence-electron chi connectivity index (χ3n) is 5.55. The number of nitrogens with one attached hydrogen (secondary N) is 2. The Labute approximate surface area is 160 Å². The molecule has 2 aliphatic rings. The van der Waals surface area contributed by atoms with E-state index in [1.807, 2.05) is 29.2 Å². The van der Waals surface area contributed by atoms with Crippen LogP contribution in [0.4, 0.5) is 11.4 Å². The Morgan fingerprint density at radius 1 is 1.04 bits per heavy atom. The number of rotatable bonds is 5. The minimum atomic E-state index is 0.0476. The van der Waals surface area contributed by atoms with Crippen molar-refractivity contribution in [2.45, 2.75) is 32.2 Å². The average Bonchev–Trinajstić information content (AvgIpc) is 3.13. The van der Waals surface area contributed by atoms with Crippen LogP contribution in [0, 0.1) is 0 Å². The third kappa shape index (κ3) is 4.19. The molecule has 2 heterocycles. The highest BCUT2D eigenvalue weighted by molar-refractivity contribution is 5.96. The van der Waals surface area contributed by atoms with Crippen LogP contribution in [0.5, 0.6) is 0 Å². The predicted octanol–water partition coefficient (Wildman–Crippen LogP) is 1.78. The lowest BCUT2D eigenvalue weighted by atomic mass is 10.00. The van der Waals surface area contributed by atoms with Gasteiger partial charge in [0, 0.05) is 36.3 Å². The number of quaternary nitrogens is 1. The molecule has 2 amide bonds. The predicted molar refractivity (Wildman–Crippen MR) is 106 cm³/mol. The van der Waals surface area contributed by atoms with Gasteiger partial charge in [-0.05, 0) is 36.2 Å². The molecule has 140 valence electrons. The number of benzene rings is 2. The maximum Gasteiger partial charge on any atom is 0.230 e. The maximum absolute atomic E-state index is 12.3. The Morgan fingerprint density at radius 3 is 2.56 bits per heavy atom. The van der Waals surface area contributed by atoms with Gasteiger partial charge in [-0.1, -0.05) is 24.3 Å². The van der Waals surface area contributed by atoms with E-state index in [1.54, 1.807) is 0 Å². The minimum absolute atomic E-state index is 0.0476. The Kier molecular flexibility index (Phi) is 5.21. The monoisotopic (exact) mass is 364 g/mol. The Balaban J connectivity index is 1.27. The van der Waals surface area contributed by atoms with Crippen molar-refractivity contribution in [3.05, 3.63) is 59.7 Å². The second-order valence-electron chi connectivity index (χ2n) is 7.44. The van der Waals surface area contributed by atoms with Crippen LogP contribution in [0.2, 0.25) is 0 Å². The van der Waals surface area contributed by atoms with Gasteiger partial charge in [0.2, 0.25) is 11.8 Å². The third-order valence-corrected chi connectivity index (χ3v) is 5.55. The van der Waals surface area contributed by atoms with Gasteiger partial charge in [-0.2, -0.15) is 0 Å². The largest absolute Gasteiger partial charge is 0.330 e. The van der Waals surface area contributed by atoms with Crippen LogP contribution in [0.15, 0.2) is 48.5 Å². The van der Waals surface area contributed by atoms with E-state index in [-0.39, 0.29) is 11.8 Å². The first kappa shape index (κ1) is 17.7. The number of carbonyl (C=O) groups is 2. The summed E-state index contributed by atoms with van der Waals surface area (Å²) in [5, 5.41) is 2.97. The lowest BCUT2D eigenvalue weighted by molar-refractivity contribution is -0.915. The van der Waals surface area contributed by atoms with E-state index in [0.717, 1.165) is 50.4 Å². The second-order valence-corrected chi connectivity index (χ2v) is 7.44. The minimum Gasteiger partial charge on any atom is -0.330 e. The summed E-state index contributed by atoms with van der Waals surface area (Å²) in [5.74, 6) is 0.226. The van der Waals surface area contributed by atoms with Gasteiger partial charge in [-0.3, -0.25) is 9.59 Å². The fraction of sp³-hybridized carbons (Fsp3) is 0.364. The summed E-state index contributed by atoms with van der Waals surface area (Å²) < 4.78 is 0. The van der Waals surface area contributed by atoms with E-state index in [0.29, 0.717) is 12.8 Å². The van der Waals surface area contributed by atoms with E-state index in [1.165, 1.54) is 16.0 Å². The molecule has 5 nitrogen and oxygen atoms in total. The zero-order valence-corrected chi connectivity index (χ0v) is 15.5. The first-order valence-electron chi connectivity index (χ1n) is 9.80. The molecule has 0 bridgehead atoms.